The van der Waals surface area contributed by atoms with Crippen molar-refractivity contribution in [2.75, 3.05) is 0 Å². The van der Waals surface area contributed by atoms with Crippen LogP contribution in [0.5, 0.6) is 5.75 Å². The zero-order chi connectivity index (χ0) is 22.1. The fourth-order valence-electron chi connectivity index (χ4n) is 6.00. The van der Waals surface area contributed by atoms with Gasteiger partial charge in [-0.1, -0.05) is 35.3 Å². The molecule has 2 aromatic carbocycles. The van der Waals surface area contributed by atoms with Crippen molar-refractivity contribution in [3.8, 4) is 16.9 Å². The lowest BCUT2D eigenvalue weighted by Gasteiger charge is -2.71. The van der Waals surface area contributed by atoms with Crippen molar-refractivity contribution in [3.63, 3.8) is 0 Å². The minimum atomic E-state index is -0.725. The molecule has 0 radical (unpaired) electrons. The van der Waals surface area contributed by atoms with Gasteiger partial charge in [-0.05, 0) is 72.2 Å². The van der Waals surface area contributed by atoms with Gasteiger partial charge in [0.05, 0.1) is 6.10 Å². The number of fused-ring (bicyclic) bond motifs is 1. The second-order valence-electron chi connectivity index (χ2n) is 9.75. The van der Waals surface area contributed by atoms with Gasteiger partial charge >= 0.3 is 0 Å². The molecule has 1 aromatic heterocycles. The number of carbonyl (C=O) groups excluding carboxylic acids is 1. The summed E-state index contributed by atoms with van der Waals surface area (Å²) in [6, 6.07) is 15.2. The van der Waals surface area contributed by atoms with Gasteiger partial charge in [0.15, 0.2) is 11.9 Å². The summed E-state index contributed by atoms with van der Waals surface area (Å²) in [7, 11) is 0. The van der Waals surface area contributed by atoms with Gasteiger partial charge < -0.3 is 14.4 Å². The highest BCUT2D eigenvalue weighted by molar-refractivity contribution is 6.31. The standard InChI is InChI=1S/C26H23Cl2NO3/c27-18-3-1-16(2-4-18)17-7-8-29(12-17)26-13-25(14-26,15-26)11-22(31)24-10-21(30)20-9-19(28)5-6-23(20)32-24/h1-9,12,21,24,30H,10-11,13-15H2/t21-,24+,25?,26?/m1/s1. The Bertz CT molecular complexity index is 1200. The maximum absolute atomic E-state index is 13.0. The molecular weight excluding hydrogens is 445 g/mol. The molecule has 3 fully saturated rings. The molecule has 1 aliphatic heterocycles. The SMILES string of the molecule is O=C(CC12CC(n3ccc(-c4ccc(Cl)cc4)c3)(C1)C2)[C@@H]1C[C@@H](O)c2cc(Cl)ccc2O1. The largest absolute Gasteiger partial charge is 0.482 e. The van der Waals surface area contributed by atoms with Crippen LogP contribution in [0.4, 0.5) is 0 Å². The highest BCUT2D eigenvalue weighted by Gasteiger charge is 2.69. The number of halogens is 2. The fraction of sp³-hybridized carbons (Fsp3) is 0.346. The molecule has 2 heterocycles. The summed E-state index contributed by atoms with van der Waals surface area (Å²) >= 11 is 12.0. The second-order valence-corrected chi connectivity index (χ2v) is 10.6. The molecule has 3 aliphatic carbocycles. The number of aromatic nitrogens is 1. The molecule has 0 unspecified atom stereocenters. The number of aliphatic hydroxyl groups excluding tert-OH is 1. The first-order chi connectivity index (χ1) is 15.3. The first-order valence-corrected chi connectivity index (χ1v) is 11.7. The van der Waals surface area contributed by atoms with Crippen LogP contribution in [0.25, 0.3) is 11.1 Å². The van der Waals surface area contributed by atoms with Gasteiger partial charge in [0.1, 0.15) is 5.75 Å². The predicted octanol–water partition coefficient (Wildman–Crippen LogP) is 6.19. The summed E-state index contributed by atoms with van der Waals surface area (Å²) in [4.78, 5) is 13.0. The molecule has 0 amide bonds. The Hall–Kier alpha value is -2.27. The summed E-state index contributed by atoms with van der Waals surface area (Å²) in [5.74, 6) is 0.648. The van der Waals surface area contributed by atoms with Gasteiger partial charge in [-0.25, -0.2) is 0 Å². The molecule has 1 N–H and O–H groups in total. The van der Waals surface area contributed by atoms with E-state index in [0.29, 0.717) is 22.8 Å². The van der Waals surface area contributed by atoms with E-state index >= 15 is 0 Å². The Labute approximate surface area is 196 Å². The normalized spacial score (nSPS) is 30.0. The second kappa shape index (κ2) is 7.11. The lowest BCUT2D eigenvalue weighted by atomic mass is 9.38. The van der Waals surface area contributed by atoms with Crippen LogP contribution in [0.15, 0.2) is 60.9 Å². The summed E-state index contributed by atoms with van der Waals surface area (Å²) < 4.78 is 8.26. The minimum Gasteiger partial charge on any atom is -0.482 e. The van der Waals surface area contributed by atoms with E-state index in [1.807, 2.05) is 24.3 Å². The number of hydrogen-bond acceptors (Lipinski definition) is 3. The summed E-state index contributed by atoms with van der Waals surface area (Å²) in [5, 5.41) is 11.8. The smallest absolute Gasteiger partial charge is 0.173 e. The molecule has 2 bridgehead atoms. The van der Waals surface area contributed by atoms with Crippen molar-refractivity contribution in [3.05, 3.63) is 76.5 Å². The molecule has 2 atom stereocenters. The molecule has 0 spiro atoms. The van der Waals surface area contributed by atoms with E-state index < -0.39 is 12.2 Å². The number of Topliss-reactive ketones (excluding diaryl/α,β-unsaturated/α-hetero) is 1. The van der Waals surface area contributed by atoms with E-state index in [9.17, 15) is 9.90 Å². The lowest BCUT2D eigenvalue weighted by molar-refractivity contribution is -0.194. The van der Waals surface area contributed by atoms with E-state index in [1.165, 1.54) is 5.56 Å². The van der Waals surface area contributed by atoms with Crippen molar-refractivity contribution in [1.29, 1.82) is 0 Å². The third-order valence-electron chi connectivity index (χ3n) is 7.48. The molecule has 4 aliphatic rings. The predicted molar refractivity (Wildman–Crippen MR) is 124 cm³/mol. The first kappa shape index (κ1) is 20.3. The molecular formula is C26H23Cl2NO3. The van der Waals surface area contributed by atoms with Crippen LogP contribution in [0, 0.1) is 5.41 Å². The van der Waals surface area contributed by atoms with E-state index in [4.69, 9.17) is 27.9 Å². The minimum absolute atomic E-state index is 0.0797. The summed E-state index contributed by atoms with van der Waals surface area (Å²) in [6.07, 6.45) is 6.89. The number of ether oxygens (including phenoxy) is 1. The average molecular weight is 468 g/mol. The zero-order valence-corrected chi connectivity index (χ0v) is 18.9. The molecule has 7 rings (SSSR count). The Morgan fingerprint density at radius 2 is 1.75 bits per heavy atom. The van der Waals surface area contributed by atoms with Crippen LogP contribution >= 0.6 is 23.2 Å². The summed E-state index contributed by atoms with van der Waals surface area (Å²) in [5.41, 5.74) is 3.21. The molecule has 0 saturated heterocycles. The Morgan fingerprint density at radius 3 is 2.50 bits per heavy atom. The molecule has 32 heavy (non-hydrogen) atoms. The Balaban J connectivity index is 1.10. The van der Waals surface area contributed by atoms with E-state index in [1.54, 1.807) is 18.2 Å². The van der Waals surface area contributed by atoms with Gasteiger partial charge in [0.25, 0.3) is 0 Å². The highest BCUT2D eigenvalue weighted by Crippen LogP contribution is 2.73. The molecule has 3 aromatic rings. The Morgan fingerprint density at radius 1 is 1.03 bits per heavy atom. The lowest BCUT2D eigenvalue weighted by Crippen LogP contribution is -2.68. The number of nitrogens with zero attached hydrogens (tertiary/aromatic N) is 1. The number of benzene rings is 2. The molecule has 164 valence electrons. The zero-order valence-electron chi connectivity index (χ0n) is 17.4. The molecule has 4 nitrogen and oxygen atoms in total. The van der Waals surface area contributed by atoms with E-state index in [0.717, 1.165) is 29.8 Å². The van der Waals surface area contributed by atoms with E-state index in [2.05, 4.69) is 23.0 Å². The van der Waals surface area contributed by atoms with Crippen LogP contribution in [0.3, 0.4) is 0 Å². The number of aliphatic hydroxyl groups is 1. The van der Waals surface area contributed by atoms with Crippen molar-refractivity contribution < 1.29 is 14.6 Å². The highest BCUT2D eigenvalue weighted by atomic mass is 35.5. The van der Waals surface area contributed by atoms with Crippen LogP contribution in [-0.4, -0.2) is 21.6 Å². The van der Waals surface area contributed by atoms with Gasteiger partial charge in [0.2, 0.25) is 0 Å². The van der Waals surface area contributed by atoms with Gasteiger partial charge in [0, 0.05) is 46.4 Å². The van der Waals surface area contributed by atoms with Crippen molar-refractivity contribution >= 4 is 29.0 Å². The quantitative estimate of drug-likeness (QED) is 0.486. The van der Waals surface area contributed by atoms with Gasteiger partial charge in [-0.3, -0.25) is 4.79 Å². The van der Waals surface area contributed by atoms with Crippen molar-refractivity contribution in [1.82, 2.24) is 4.57 Å². The van der Waals surface area contributed by atoms with Crippen molar-refractivity contribution in [2.45, 2.75) is 49.9 Å². The van der Waals surface area contributed by atoms with Crippen LogP contribution in [0.1, 0.15) is 43.8 Å². The number of hydrogen-bond donors (Lipinski definition) is 1. The van der Waals surface area contributed by atoms with E-state index in [-0.39, 0.29) is 23.2 Å². The number of rotatable bonds is 5. The molecule has 3 saturated carbocycles. The number of ketones is 1. The van der Waals surface area contributed by atoms with Crippen LogP contribution < -0.4 is 4.74 Å². The third kappa shape index (κ3) is 3.20. The van der Waals surface area contributed by atoms with Crippen LogP contribution in [-0.2, 0) is 10.3 Å². The maximum atomic E-state index is 13.0. The Kier molecular flexibility index (Phi) is 4.52. The number of carbonyl (C=O) groups is 1. The van der Waals surface area contributed by atoms with Crippen molar-refractivity contribution in [2.24, 2.45) is 5.41 Å². The summed E-state index contributed by atoms with van der Waals surface area (Å²) in [6.45, 7) is 0. The maximum Gasteiger partial charge on any atom is 0.173 e. The third-order valence-corrected chi connectivity index (χ3v) is 7.96. The monoisotopic (exact) mass is 467 g/mol. The fourth-order valence-corrected chi connectivity index (χ4v) is 6.31. The van der Waals surface area contributed by atoms with Crippen LogP contribution in [0.2, 0.25) is 10.0 Å². The average Bonchev–Trinajstić information content (AvgIpc) is 3.20. The van der Waals surface area contributed by atoms with Gasteiger partial charge in [-0.15, -0.1) is 0 Å². The van der Waals surface area contributed by atoms with Gasteiger partial charge in [-0.2, -0.15) is 0 Å². The topological polar surface area (TPSA) is 51.5 Å². The molecule has 6 heteroatoms. The first-order valence-electron chi connectivity index (χ1n) is 11.0.